The fourth-order valence-electron chi connectivity index (χ4n) is 6.64. The lowest BCUT2D eigenvalue weighted by atomic mass is 10.1. The highest BCUT2D eigenvalue weighted by molar-refractivity contribution is 5.79. The molecule has 0 saturated heterocycles. The number of carbonyl (C=O) groups is 3. The van der Waals surface area contributed by atoms with E-state index < -0.39 is 12.2 Å². The summed E-state index contributed by atoms with van der Waals surface area (Å²) in [5.41, 5.74) is 0. The van der Waals surface area contributed by atoms with Crippen molar-refractivity contribution in [2.75, 3.05) is 54.5 Å². The van der Waals surface area contributed by atoms with Crippen LogP contribution in [0.3, 0.4) is 0 Å². The fourth-order valence-corrected chi connectivity index (χ4v) is 6.64. The standard InChI is InChI=1S/C47H88N4O6/c1-7-9-11-13-15-17-19-21-23-25-27-29-31-33-35-37-44(52)55-41-43(57-47(54)49-39-40-51(6)46(48-3)50(4)5)42-56-45(53)38-36-34-32-30-28-26-24-22-20-18-16-14-12-10-8-2/h21-24,43H,7-20,25-42H2,1-6H3,(H,49,54)/b23-21-,24-22-,48-46?. The summed E-state index contributed by atoms with van der Waals surface area (Å²) in [4.78, 5) is 45.8. The first-order valence-electron chi connectivity index (χ1n) is 23.2. The van der Waals surface area contributed by atoms with Gasteiger partial charge in [0, 0.05) is 54.1 Å². The lowest BCUT2D eigenvalue weighted by Gasteiger charge is -2.26. The molecule has 0 saturated carbocycles. The van der Waals surface area contributed by atoms with Crippen molar-refractivity contribution in [1.29, 1.82) is 0 Å². The predicted molar refractivity (Wildman–Crippen MR) is 239 cm³/mol. The molecule has 1 amide bonds. The Labute approximate surface area is 350 Å². The Kier molecular flexibility index (Phi) is 38.9. The van der Waals surface area contributed by atoms with Gasteiger partial charge in [0.2, 0.25) is 0 Å². The van der Waals surface area contributed by atoms with E-state index in [9.17, 15) is 14.4 Å². The molecule has 0 radical (unpaired) electrons. The van der Waals surface area contributed by atoms with Crippen LogP contribution in [0.25, 0.3) is 0 Å². The number of guanidine groups is 1. The van der Waals surface area contributed by atoms with Gasteiger partial charge in [0.05, 0.1) is 0 Å². The fraction of sp³-hybridized carbons (Fsp3) is 0.830. The molecule has 10 heteroatoms. The monoisotopic (exact) mass is 805 g/mol. The minimum atomic E-state index is -0.895. The summed E-state index contributed by atoms with van der Waals surface area (Å²) >= 11 is 0. The summed E-state index contributed by atoms with van der Waals surface area (Å²) in [6.45, 7) is 5.02. The second kappa shape index (κ2) is 41.1. The predicted octanol–water partition coefficient (Wildman–Crippen LogP) is 11.7. The van der Waals surface area contributed by atoms with Gasteiger partial charge >= 0.3 is 18.0 Å². The van der Waals surface area contributed by atoms with Gasteiger partial charge in [-0.05, 0) is 64.2 Å². The number of nitrogens with one attached hydrogen (secondary N) is 1. The van der Waals surface area contributed by atoms with Crippen molar-refractivity contribution in [3.63, 3.8) is 0 Å². The van der Waals surface area contributed by atoms with Gasteiger partial charge < -0.3 is 29.3 Å². The van der Waals surface area contributed by atoms with Crippen LogP contribution in [0.1, 0.15) is 194 Å². The van der Waals surface area contributed by atoms with E-state index in [0.717, 1.165) is 70.2 Å². The van der Waals surface area contributed by atoms with Crippen molar-refractivity contribution in [2.24, 2.45) is 4.99 Å². The Morgan fingerprint density at radius 2 is 0.930 bits per heavy atom. The zero-order valence-corrected chi connectivity index (χ0v) is 37.8. The Hall–Kier alpha value is -3.04. The number of ether oxygens (including phenoxy) is 3. The average Bonchev–Trinajstić information content (AvgIpc) is 3.19. The molecular weight excluding hydrogens is 717 g/mol. The number of alkyl carbamates (subject to hydrolysis) is 1. The molecule has 0 spiro atoms. The van der Waals surface area contributed by atoms with Crippen LogP contribution < -0.4 is 5.32 Å². The molecule has 0 unspecified atom stereocenters. The number of esters is 2. The third-order valence-corrected chi connectivity index (χ3v) is 10.1. The number of carbonyl (C=O) groups excluding carboxylic acids is 3. The number of aliphatic imine (C=N–C) groups is 1. The van der Waals surface area contributed by atoms with Crippen LogP contribution >= 0.6 is 0 Å². The van der Waals surface area contributed by atoms with Crippen molar-refractivity contribution in [3.05, 3.63) is 24.3 Å². The average molecular weight is 805 g/mol. The minimum absolute atomic E-state index is 0.162. The van der Waals surface area contributed by atoms with Crippen molar-refractivity contribution >= 4 is 24.0 Å². The number of unbranched alkanes of at least 4 members (excludes halogenated alkanes) is 22. The van der Waals surface area contributed by atoms with E-state index in [4.69, 9.17) is 14.2 Å². The molecule has 0 aliphatic heterocycles. The van der Waals surface area contributed by atoms with Crippen LogP contribution in [0.2, 0.25) is 0 Å². The lowest BCUT2D eigenvalue weighted by Crippen LogP contribution is -2.43. The molecule has 0 aromatic heterocycles. The minimum Gasteiger partial charge on any atom is -0.462 e. The highest BCUT2D eigenvalue weighted by Gasteiger charge is 2.20. The largest absolute Gasteiger partial charge is 0.462 e. The topological polar surface area (TPSA) is 110 Å². The number of amides is 1. The second-order valence-electron chi connectivity index (χ2n) is 15.8. The number of likely N-dealkylation sites (N-methyl/N-ethyl adjacent to an activating group) is 1. The van der Waals surface area contributed by atoms with Gasteiger partial charge in [0.15, 0.2) is 12.1 Å². The van der Waals surface area contributed by atoms with E-state index >= 15 is 0 Å². The molecule has 0 atom stereocenters. The molecule has 0 aliphatic rings. The maximum atomic E-state index is 12.7. The smallest absolute Gasteiger partial charge is 0.407 e. The summed E-state index contributed by atoms with van der Waals surface area (Å²) in [5.74, 6) is 0.107. The van der Waals surface area contributed by atoms with Gasteiger partial charge in [-0.1, -0.05) is 141 Å². The number of allylic oxidation sites excluding steroid dienone is 4. The van der Waals surface area contributed by atoms with Crippen LogP contribution in [-0.2, 0) is 23.8 Å². The van der Waals surface area contributed by atoms with E-state index in [1.807, 2.05) is 30.9 Å². The molecule has 0 fully saturated rings. The summed E-state index contributed by atoms with van der Waals surface area (Å²) in [6.07, 6.45) is 39.3. The van der Waals surface area contributed by atoms with E-state index in [0.29, 0.717) is 25.9 Å². The zero-order valence-electron chi connectivity index (χ0n) is 37.8. The van der Waals surface area contributed by atoms with Gasteiger partial charge in [0.1, 0.15) is 13.2 Å². The number of hydrogen-bond acceptors (Lipinski definition) is 7. The van der Waals surface area contributed by atoms with Crippen LogP contribution in [0.5, 0.6) is 0 Å². The van der Waals surface area contributed by atoms with E-state index in [-0.39, 0.29) is 25.2 Å². The van der Waals surface area contributed by atoms with Crippen molar-refractivity contribution in [3.8, 4) is 0 Å². The quantitative estimate of drug-likeness (QED) is 0.0164. The molecule has 0 aliphatic carbocycles. The molecule has 332 valence electrons. The Bertz CT molecular complexity index is 991. The third-order valence-electron chi connectivity index (χ3n) is 10.1. The summed E-state index contributed by atoms with van der Waals surface area (Å²) in [7, 11) is 7.42. The van der Waals surface area contributed by atoms with E-state index in [1.165, 1.54) is 103 Å². The molecule has 0 heterocycles. The van der Waals surface area contributed by atoms with Gasteiger partial charge in [-0.3, -0.25) is 14.6 Å². The number of nitrogens with zero attached hydrogens (tertiary/aromatic N) is 3. The highest BCUT2D eigenvalue weighted by atomic mass is 16.6. The van der Waals surface area contributed by atoms with Gasteiger partial charge in [-0.2, -0.15) is 0 Å². The third kappa shape index (κ3) is 37.0. The van der Waals surface area contributed by atoms with Gasteiger partial charge in [-0.15, -0.1) is 0 Å². The molecule has 0 bridgehead atoms. The van der Waals surface area contributed by atoms with Crippen molar-refractivity contribution in [1.82, 2.24) is 15.1 Å². The lowest BCUT2D eigenvalue weighted by molar-refractivity contribution is -0.152. The van der Waals surface area contributed by atoms with Crippen LogP contribution in [0, 0.1) is 0 Å². The summed E-state index contributed by atoms with van der Waals surface area (Å²) < 4.78 is 16.5. The first-order valence-corrected chi connectivity index (χ1v) is 23.2. The molecule has 10 nitrogen and oxygen atoms in total. The molecule has 0 aromatic rings. The van der Waals surface area contributed by atoms with E-state index in [2.05, 4.69) is 48.5 Å². The Morgan fingerprint density at radius 3 is 1.30 bits per heavy atom. The van der Waals surface area contributed by atoms with Gasteiger partial charge in [0.25, 0.3) is 0 Å². The van der Waals surface area contributed by atoms with Crippen LogP contribution in [0.4, 0.5) is 4.79 Å². The summed E-state index contributed by atoms with van der Waals surface area (Å²) in [5, 5.41) is 2.74. The second-order valence-corrected chi connectivity index (χ2v) is 15.8. The molecule has 0 rings (SSSR count). The maximum absolute atomic E-state index is 12.7. The molecule has 1 N–H and O–H groups in total. The Balaban J connectivity index is 4.45. The van der Waals surface area contributed by atoms with E-state index in [1.54, 1.807) is 7.05 Å². The molecule has 57 heavy (non-hydrogen) atoms. The zero-order chi connectivity index (χ0) is 42.0. The van der Waals surface area contributed by atoms with Crippen LogP contribution in [-0.4, -0.2) is 94.4 Å². The number of hydrogen-bond donors (Lipinski definition) is 1. The normalized spacial score (nSPS) is 11.8. The highest BCUT2D eigenvalue weighted by Crippen LogP contribution is 2.13. The maximum Gasteiger partial charge on any atom is 0.407 e. The van der Waals surface area contributed by atoms with Gasteiger partial charge in [-0.25, -0.2) is 4.79 Å². The van der Waals surface area contributed by atoms with Crippen LogP contribution in [0.15, 0.2) is 29.3 Å². The number of rotatable bonds is 38. The molecular formula is C47H88N4O6. The van der Waals surface area contributed by atoms with Crippen molar-refractivity contribution in [2.45, 2.75) is 200 Å². The first kappa shape index (κ1) is 54.0. The summed E-state index contributed by atoms with van der Waals surface area (Å²) in [6, 6.07) is 0. The Morgan fingerprint density at radius 1 is 0.561 bits per heavy atom. The van der Waals surface area contributed by atoms with Crippen molar-refractivity contribution < 1.29 is 28.6 Å². The SMILES string of the molecule is CCCCCCCC/C=C\CCCCCCCC(=O)OCC(COC(=O)CCCCCCC/C=C\CCCCCCCC)OC(=O)NCCN(C)C(=NC)N(C)C. The molecule has 0 aromatic carbocycles. The first-order chi connectivity index (χ1) is 27.7.